The third kappa shape index (κ3) is 7.04. The molecule has 3 unspecified atom stereocenters. The number of aromatic nitrogens is 4. The second-order valence-electron chi connectivity index (χ2n) is 11.5. The van der Waals surface area contributed by atoms with Gasteiger partial charge in [0, 0.05) is 51.8 Å². The maximum Gasteiger partial charge on any atom is 0.330 e. The maximum atomic E-state index is 13.7. The predicted octanol–water partition coefficient (Wildman–Crippen LogP) is 2.90. The van der Waals surface area contributed by atoms with Crippen molar-refractivity contribution in [2.24, 2.45) is 11.7 Å². The molecule has 3 atom stereocenters. The van der Waals surface area contributed by atoms with Crippen LogP contribution in [0, 0.1) is 5.92 Å². The van der Waals surface area contributed by atoms with Crippen LogP contribution in [0.2, 0.25) is 0 Å². The number of nitrogens with two attached hydrogens (primary N) is 1. The van der Waals surface area contributed by atoms with E-state index in [0.717, 1.165) is 38.6 Å². The first-order valence-electron chi connectivity index (χ1n) is 15.3. The first-order chi connectivity index (χ1) is 20.3. The number of ether oxygens (including phenoxy) is 3. The second kappa shape index (κ2) is 15.1. The number of carbonyl (C=O) groups excluding carboxylic acids is 1. The number of aliphatic hydroxyl groups excluding tert-OH is 1. The van der Waals surface area contributed by atoms with Crippen molar-refractivity contribution in [2.75, 3.05) is 47.6 Å². The number of Topliss-reactive ketones (excluding diaryl/α,β-unsaturated/α-hetero) is 1. The molecule has 1 saturated carbocycles. The maximum absolute atomic E-state index is 13.7. The molecule has 1 aliphatic carbocycles. The van der Waals surface area contributed by atoms with Crippen molar-refractivity contribution in [3.63, 3.8) is 0 Å². The first-order valence-corrected chi connectivity index (χ1v) is 15.3. The number of fused-ring (bicyclic) bond motifs is 1. The van der Waals surface area contributed by atoms with Crippen molar-refractivity contribution in [1.29, 1.82) is 0 Å². The summed E-state index contributed by atoms with van der Waals surface area (Å²) >= 11 is 0. The number of methoxy groups -OCH3 is 2. The van der Waals surface area contributed by atoms with Crippen molar-refractivity contribution in [3.8, 4) is 5.88 Å². The minimum atomic E-state index is -0.635. The summed E-state index contributed by atoms with van der Waals surface area (Å²) in [5.41, 5.74) is 7.84. The Hall–Kier alpha value is -2.80. The molecule has 12 nitrogen and oxygen atoms in total. The Bertz CT molecular complexity index is 1300. The van der Waals surface area contributed by atoms with Crippen LogP contribution in [0.5, 0.6) is 5.88 Å². The molecule has 1 aliphatic heterocycles. The number of likely N-dealkylation sites (N-methyl/N-ethyl adjacent to an activating group) is 1. The average molecular weight is 589 g/mol. The van der Waals surface area contributed by atoms with Gasteiger partial charge in [-0.15, -0.1) is 0 Å². The van der Waals surface area contributed by atoms with Gasteiger partial charge in [0.15, 0.2) is 22.7 Å². The van der Waals surface area contributed by atoms with Gasteiger partial charge in [0.2, 0.25) is 5.88 Å². The zero-order valence-electron chi connectivity index (χ0n) is 25.6. The highest BCUT2D eigenvalue weighted by molar-refractivity contribution is 5.83. The van der Waals surface area contributed by atoms with Gasteiger partial charge in [-0.05, 0) is 57.7 Å². The Morgan fingerprint density at radius 2 is 1.86 bits per heavy atom. The van der Waals surface area contributed by atoms with Crippen LogP contribution in [0.1, 0.15) is 70.5 Å². The molecule has 234 valence electrons. The number of imidazole rings is 1. The summed E-state index contributed by atoms with van der Waals surface area (Å²) in [6, 6.07) is -0.421. The lowest BCUT2D eigenvalue weighted by Gasteiger charge is -2.28. The van der Waals surface area contributed by atoms with E-state index in [1.807, 2.05) is 6.92 Å². The molecule has 0 aromatic carbocycles. The molecule has 42 heavy (non-hydrogen) atoms. The van der Waals surface area contributed by atoms with Crippen LogP contribution >= 0.6 is 0 Å². The molecule has 12 heteroatoms. The number of carbonyl (C=O) groups is 1. The molecule has 0 amide bonds. The monoisotopic (exact) mass is 588 g/mol. The lowest BCUT2D eigenvalue weighted by molar-refractivity contribution is -0.124. The molecule has 0 spiro atoms. The zero-order chi connectivity index (χ0) is 30.2. The fourth-order valence-electron chi connectivity index (χ4n) is 6.20. The Balaban J connectivity index is 1.87. The normalized spacial score (nSPS) is 21.2. The third-order valence-electron chi connectivity index (χ3n) is 8.63. The van der Waals surface area contributed by atoms with Crippen LogP contribution in [0.4, 0.5) is 0 Å². The summed E-state index contributed by atoms with van der Waals surface area (Å²) in [6.07, 6.45) is 6.93. The summed E-state index contributed by atoms with van der Waals surface area (Å²) in [5, 5.41) is 11.7. The van der Waals surface area contributed by atoms with E-state index in [-0.39, 0.29) is 40.9 Å². The molecule has 0 bridgehead atoms. The average Bonchev–Trinajstić information content (AvgIpc) is 3.52. The predicted molar refractivity (Wildman–Crippen MR) is 161 cm³/mol. The van der Waals surface area contributed by atoms with Crippen molar-refractivity contribution in [3.05, 3.63) is 21.9 Å². The van der Waals surface area contributed by atoms with Gasteiger partial charge in [0.05, 0.1) is 13.2 Å². The minimum absolute atomic E-state index is 0.0452. The summed E-state index contributed by atoms with van der Waals surface area (Å²) in [6.45, 7) is 4.84. The SMILES string of the molecule is CCC/C(=C(/O)c1nc(OCC2CCCN2C)c2c(n1)n(CCCOC)c(=O)n2CCOC)C(N)C1CCCCC1=O. The van der Waals surface area contributed by atoms with E-state index >= 15 is 0 Å². The number of nitrogens with zero attached hydrogens (tertiary/aromatic N) is 5. The van der Waals surface area contributed by atoms with Crippen LogP contribution in [-0.4, -0.2) is 94.6 Å². The highest BCUT2D eigenvalue weighted by Gasteiger charge is 2.33. The molecular formula is C30H48N6O6. The largest absolute Gasteiger partial charge is 0.504 e. The molecule has 0 radical (unpaired) electrons. The molecular weight excluding hydrogens is 540 g/mol. The van der Waals surface area contributed by atoms with Crippen molar-refractivity contribution in [1.82, 2.24) is 24.0 Å². The van der Waals surface area contributed by atoms with Crippen LogP contribution in [0.25, 0.3) is 16.9 Å². The van der Waals surface area contributed by atoms with Gasteiger partial charge < -0.3 is 30.0 Å². The number of hydrogen-bond donors (Lipinski definition) is 2. The quantitative estimate of drug-likeness (QED) is 0.235. The molecule has 2 aromatic rings. The van der Waals surface area contributed by atoms with Gasteiger partial charge >= 0.3 is 5.69 Å². The summed E-state index contributed by atoms with van der Waals surface area (Å²) in [4.78, 5) is 38.2. The van der Waals surface area contributed by atoms with E-state index in [4.69, 9.17) is 29.9 Å². The molecule has 4 rings (SSSR count). The number of rotatable bonds is 15. The Labute approximate surface area is 247 Å². The lowest BCUT2D eigenvalue weighted by Crippen LogP contribution is -2.39. The fraction of sp³-hybridized carbons (Fsp3) is 0.733. The van der Waals surface area contributed by atoms with Gasteiger partial charge in [-0.3, -0.25) is 13.9 Å². The van der Waals surface area contributed by atoms with E-state index in [1.54, 1.807) is 23.4 Å². The Kier molecular flexibility index (Phi) is 11.5. The molecule has 1 saturated heterocycles. The minimum Gasteiger partial charge on any atom is -0.504 e. The fourth-order valence-corrected chi connectivity index (χ4v) is 6.20. The number of hydrogen-bond acceptors (Lipinski definition) is 10. The molecule has 2 aromatic heterocycles. The molecule has 3 heterocycles. The van der Waals surface area contributed by atoms with Crippen LogP contribution < -0.4 is 16.2 Å². The topological polar surface area (TPSA) is 147 Å². The lowest BCUT2D eigenvalue weighted by atomic mass is 9.79. The van der Waals surface area contributed by atoms with Crippen LogP contribution in [0.15, 0.2) is 10.4 Å². The number of ketones is 1. The van der Waals surface area contributed by atoms with Gasteiger partial charge in [0.1, 0.15) is 12.4 Å². The smallest absolute Gasteiger partial charge is 0.330 e. The number of aliphatic hydroxyl groups is 1. The van der Waals surface area contributed by atoms with E-state index in [1.165, 1.54) is 0 Å². The zero-order valence-corrected chi connectivity index (χ0v) is 25.6. The number of likely N-dealkylation sites (tertiary alicyclic amines) is 1. The first kappa shape index (κ1) is 32.1. The number of aryl methyl sites for hydroxylation is 1. The third-order valence-corrected chi connectivity index (χ3v) is 8.63. The van der Waals surface area contributed by atoms with Crippen LogP contribution in [0.3, 0.4) is 0 Å². The van der Waals surface area contributed by atoms with Crippen molar-refractivity contribution >= 4 is 22.7 Å². The summed E-state index contributed by atoms with van der Waals surface area (Å²) in [5.74, 6) is -0.0731. The highest BCUT2D eigenvalue weighted by atomic mass is 16.5. The van der Waals surface area contributed by atoms with E-state index in [0.29, 0.717) is 75.3 Å². The second-order valence-corrected chi connectivity index (χ2v) is 11.5. The van der Waals surface area contributed by atoms with Crippen molar-refractivity contribution < 1.29 is 24.1 Å². The standard InChI is InChI=1S/C30H48N6O6/c1-5-10-22(24(31)21-12-6-7-13-23(21)37)26(38)27-32-28-25(29(33-27)42-19-20-11-8-14-34(20)2)35(16-18-41-4)30(39)36(28)15-9-17-40-3/h20-21,24,38H,5-19,31H2,1-4H3/b26-22-. The van der Waals surface area contributed by atoms with Gasteiger partial charge in [-0.1, -0.05) is 19.8 Å². The summed E-state index contributed by atoms with van der Waals surface area (Å²) in [7, 11) is 5.28. The van der Waals surface area contributed by atoms with E-state index in [9.17, 15) is 14.7 Å². The van der Waals surface area contributed by atoms with Gasteiger partial charge in [-0.2, -0.15) is 4.98 Å². The van der Waals surface area contributed by atoms with E-state index < -0.39 is 6.04 Å². The Morgan fingerprint density at radius 3 is 2.52 bits per heavy atom. The van der Waals surface area contributed by atoms with E-state index in [2.05, 4.69) is 11.9 Å². The van der Waals surface area contributed by atoms with Gasteiger partial charge in [-0.25, -0.2) is 9.78 Å². The van der Waals surface area contributed by atoms with Crippen LogP contribution in [-0.2, 0) is 27.4 Å². The molecule has 2 fully saturated rings. The Morgan fingerprint density at radius 1 is 1.07 bits per heavy atom. The molecule has 2 aliphatic rings. The van der Waals surface area contributed by atoms with Gasteiger partial charge in [0.25, 0.3) is 0 Å². The van der Waals surface area contributed by atoms with Crippen molar-refractivity contribution in [2.45, 2.75) is 89.9 Å². The summed E-state index contributed by atoms with van der Waals surface area (Å²) < 4.78 is 20.1. The highest BCUT2D eigenvalue weighted by Crippen LogP contribution is 2.32. The molecule has 3 N–H and O–H groups in total.